The molecule has 2 N–H and O–H groups in total. The van der Waals surface area contributed by atoms with Crippen LogP contribution >= 0.6 is 0 Å². The van der Waals surface area contributed by atoms with Gasteiger partial charge in [0.1, 0.15) is 14.4 Å². The molecule has 2 radical (unpaired) electrons. The number of hydrogen-bond donors (Lipinski definition) is 2. The van der Waals surface area contributed by atoms with Crippen LogP contribution in [0.3, 0.4) is 0 Å². The van der Waals surface area contributed by atoms with Gasteiger partial charge in [0.25, 0.3) is 0 Å². The second-order valence-corrected chi connectivity index (χ2v) is 4.26. The van der Waals surface area contributed by atoms with Gasteiger partial charge in [0.2, 0.25) is 5.91 Å². The van der Waals surface area contributed by atoms with E-state index in [9.17, 15) is 9.59 Å². The van der Waals surface area contributed by atoms with Crippen LogP contribution < -0.4 is 5.32 Å². The number of carbonyl (C=O) groups excluding carboxylic acids is 1. The minimum atomic E-state index is -1.03. The van der Waals surface area contributed by atoms with Crippen LogP contribution in [-0.2, 0) is 14.3 Å². The van der Waals surface area contributed by atoms with Crippen LogP contribution in [0.25, 0.3) is 0 Å². The summed E-state index contributed by atoms with van der Waals surface area (Å²) in [5, 5.41) is 10.9. The van der Waals surface area contributed by atoms with Crippen molar-refractivity contribution in [2.45, 2.75) is 45.6 Å². The second kappa shape index (κ2) is 11.5. The molecule has 1 aliphatic rings. The normalized spacial score (nSPS) is 23.5. The minimum absolute atomic E-state index is 0.0509. The summed E-state index contributed by atoms with van der Waals surface area (Å²) in [5.41, 5.74) is 0. The van der Waals surface area contributed by atoms with Crippen molar-refractivity contribution in [2.24, 2.45) is 5.92 Å². The van der Waals surface area contributed by atoms with Gasteiger partial charge in [-0.1, -0.05) is 26.0 Å². The van der Waals surface area contributed by atoms with E-state index in [4.69, 9.17) is 17.7 Å². The van der Waals surface area contributed by atoms with E-state index in [2.05, 4.69) is 5.32 Å². The maximum atomic E-state index is 11.8. The molecule has 2 unspecified atom stereocenters. The molecule has 0 aromatic rings. The summed E-state index contributed by atoms with van der Waals surface area (Å²) in [6.45, 7) is 3.83. The van der Waals surface area contributed by atoms with Crippen LogP contribution in [0.2, 0.25) is 0 Å². The molecule has 20 heavy (non-hydrogen) atoms. The number of ether oxygens (including phenoxy) is 1. The summed E-state index contributed by atoms with van der Waals surface area (Å²) in [5.74, 6) is -1.38. The Morgan fingerprint density at radius 3 is 2.65 bits per heavy atom. The predicted octanol–water partition coefficient (Wildman–Crippen LogP) is 1.47. The van der Waals surface area contributed by atoms with Gasteiger partial charge in [-0.05, 0) is 25.7 Å². The number of nitrogens with one attached hydrogen (secondary N) is 1. The quantitative estimate of drug-likeness (QED) is 0.591. The van der Waals surface area contributed by atoms with Crippen LogP contribution in [0, 0.1) is 5.92 Å². The lowest BCUT2D eigenvalue weighted by Gasteiger charge is -2.21. The van der Waals surface area contributed by atoms with Crippen LogP contribution in [0.5, 0.6) is 0 Å². The maximum Gasteiger partial charge on any atom is 0.322 e. The summed E-state index contributed by atoms with van der Waals surface area (Å²) in [6, 6.07) is 0. The first-order chi connectivity index (χ1) is 9.63. The number of amides is 1. The lowest BCUT2D eigenvalue weighted by atomic mass is 9.92. The number of carbonyl (C=O) groups is 2. The van der Waals surface area contributed by atoms with Crippen LogP contribution in [0.15, 0.2) is 12.2 Å². The zero-order valence-corrected chi connectivity index (χ0v) is 12.3. The molecular formula is C14H24BNO4. The standard InChI is InChI=1S/C12H18BNO4.C2H6/c13-8-18-10-4-2-1-3-9(5-6-10)12(17)14-7-11(15)16;1-2/h2,4,9-10H,1,3,5-8H2,(H,14,17)(H,15,16);1-2H3/b4-2+;. The lowest BCUT2D eigenvalue weighted by molar-refractivity contribution is -0.138. The molecule has 5 nitrogen and oxygen atoms in total. The first-order valence-electron chi connectivity index (χ1n) is 7.11. The molecule has 1 rings (SSSR count). The van der Waals surface area contributed by atoms with E-state index in [-0.39, 0.29) is 31.0 Å². The molecule has 0 heterocycles. The average Bonchev–Trinajstić information content (AvgIpc) is 2.42. The largest absolute Gasteiger partial charge is 0.480 e. The summed E-state index contributed by atoms with van der Waals surface area (Å²) in [4.78, 5) is 22.2. The van der Waals surface area contributed by atoms with Crippen molar-refractivity contribution in [2.75, 3.05) is 13.1 Å². The second-order valence-electron chi connectivity index (χ2n) is 4.26. The molecule has 6 heteroatoms. The number of carboxylic acids is 1. The van der Waals surface area contributed by atoms with Gasteiger partial charge in [-0.25, -0.2) is 0 Å². The third kappa shape index (κ3) is 7.99. The monoisotopic (exact) mass is 281 g/mol. The Balaban J connectivity index is 0.00000172. The fraction of sp³-hybridized carbons (Fsp3) is 0.714. The van der Waals surface area contributed by atoms with Crippen molar-refractivity contribution in [1.82, 2.24) is 5.32 Å². The van der Waals surface area contributed by atoms with Crippen molar-refractivity contribution in [3.05, 3.63) is 12.2 Å². The molecule has 112 valence electrons. The summed E-state index contributed by atoms with van der Waals surface area (Å²) in [7, 11) is 5.32. The van der Waals surface area contributed by atoms with E-state index in [0.29, 0.717) is 6.42 Å². The Bertz CT molecular complexity index is 320. The average molecular weight is 281 g/mol. The predicted molar refractivity (Wildman–Crippen MR) is 78.6 cm³/mol. The summed E-state index contributed by atoms with van der Waals surface area (Å²) >= 11 is 0. The van der Waals surface area contributed by atoms with Crippen molar-refractivity contribution < 1.29 is 19.4 Å². The van der Waals surface area contributed by atoms with Crippen LogP contribution in [0.1, 0.15) is 39.5 Å². The van der Waals surface area contributed by atoms with Gasteiger partial charge in [0, 0.05) is 12.4 Å². The molecule has 0 aromatic carbocycles. The third-order valence-electron chi connectivity index (χ3n) is 2.93. The Morgan fingerprint density at radius 2 is 2.05 bits per heavy atom. The zero-order valence-electron chi connectivity index (χ0n) is 12.3. The van der Waals surface area contributed by atoms with E-state index in [0.717, 1.165) is 19.3 Å². The van der Waals surface area contributed by atoms with E-state index < -0.39 is 5.97 Å². The molecule has 0 aromatic heterocycles. The Labute approximate surface area is 122 Å². The fourth-order valence-corrected chi connectivity index (χ4v) is 1.98. The SMILES string of the molecule is CC.[B]COC1/C=C/CCC(C(=O)NCC(=O)O)CC1. The molecule has 0 bridgehead atoms. The smallest absolute Gasteiger partial charge is 0.322 e. The van der Waals surface area contributed by atoms with Crippen molar-refractivity contribution in [1.29, 1.82) is 0 Å². The van der Waals surface area contributed by atoms with E-state index in [1.165, 1.54) is 0 Å². The molecular weight excluding hydrogens is 257 g/mol. The first kappa shape index (κ1) is 18.7. The molecule has 0 saturated carbocycles. The lowest BCUT2D eigenvalue weighted by Crippen LogP contribution is -2.35. The molecule has 2 atom stereocenters. The number of hydrogen-bond acceptors (Lipinski definition) is 3. The summed E-state index contributed by atoms with van der Waals surface area (Å²) in [6.07, 6.45) is 6.83. The first-order valence-corrected chi connectivity index (χ1v) is 7.11. The Kier molecular flexibility index (Phi) is 10.8. The Morgan fingerprint density at radius 1 is 1.35 bits per heavy atom. The van der Waals surface area contributed by atoms with Gasteiger partial charge in [0.05, 0.1) is 6.10 Å². The van der Waals surface area contributed by atoms with Crippen LogP contribution in [0.4, 0.5) is 0 Å². The molecule has 0 saturated heterocycles. The van der Waals surface area contributed by atoms with Gasteiger partial charge in [-0.2, -0.15) is 0 Å². The third-order valence-corrected chi connectivity index (χ3v) is 2.93. The maximum absolute atomic E-state index is 11.8. The highest BCUT2D eigenvalue weighted by Crippen LogP contribution is 2.20. The topological polar surface area (TPSA) is 75.6 Å². The van der Waals surface area contributed by atoms with E-state index in [1.54, 1.807) is 0 Å². The Hall–Kier alpha value is -1.30. The molecule has 0 fully saturated rings. The highest BCUT2D eigenvalue weighted by molar-refractivity contribution is 6.08. The number of rotatable bonds is 5. The van der Waals surface area contributed by atoms with Gasteiger partial charge in [0.15, 0.2) is 0 Å². The van der Waals surface area contributed by atoms with Crippen molar-refractivity contribution in [3.63, 3.8) is 0 Å². The van der Waals surface area contributed by atoms with Gasteiger partial charge in [-0.3, -0.25) is 9.59 Å². The van der Waals surface area contributed by atoms with Crippen molar-refractivity contribution in [3.8, 4) is 0 Å². The number of carboxylic acid groups (broad SMARTS) is 1. The summed E-state index contributed by atoms with van der Waals surface area (Å²) < 4.78 is 5.31. The molecule has 0 spiro atoms. The highest BCUT2D eigenvalue weighted by Gasteiger charge is 2.21. The minimum Gasteiger partial charge on any atom is -0.480 e. The fourth-order valence-electron chi connectivity index (χ4n) is 1.98. The van der Waals surface area contributed by atoms with Crippen molar-refractivity contribution >= 4 is 19.7 Å². The van der Waals surface area contributed by atoms with Crippen LogP contribution in [-0.4, -0.2) is 44.0 Å². The van der Waals surface area contributed by atoms with Gasteiger partial charge in [-0.15, -0.1) is 0 Å². The van der Waals surface area contributed by atoms with E-state index >= 15 is 0 Å². The molecule has 1 amide bonds. The molecule has 0 aliphatic heterocycles. The number of allylic oxidation sites excluding steroid dienone is 1. The van der Waals surface area contributed by atoms with Gasteiger partial charge < -0.3 is 15.2 Å². The highest BCUT2D eigenvalue weighted by atomic mass is 16.5. The zero-order chi connectivity index (χ0) is 15.4. The van der Waals surface area contributed by atoms with E-state index in [1.807, 2.05) is 26.0 Å². The van der Waals surface area contributed by atoms with Gasteiger partial charge >= 0.3 is 5.97 Å². The number of aliphatic carboxylic acids is 1. The molecule has 1 aliphatic carbocycles.